The monoisotopic (exact) mass is 489 g/mol. The molecule has 0 saturated carbocycles. The van der Waals surface area contributed by atoms with Crippen LogP contribution in [0, 0.1) is 0 Å². The minimum absolute atomic E-state index is 0.0251. The lowest BCUT2D eigenvalue weighted by Gasteiger charge is -2.15. The first-order valence-electron chi connectivity index (χ1n) is 10.3. The third-order valence-corrected chi connectivity index (χ3v) is 8.59. The third-order valence-electron chi connectivity index (χ3n) is 5.26. The molecule has 0 unspecified atom stereocenters. The Bertz CT molecular complexity index is 1310. The van der Waals surface area contributed by atoms with E-state index in [0.29, 0.717) is 24.5 Å². The molecule has 1 aliphatic heterocycles. The summed E-state index contributed by atoms with van der Waals surface area (Å²) in [4.78, 5) is 12.7. The number of sulfonamides is 2. The van der Waals surface area contributed by atoms with Crippen molar-refractivity contribution in [2.24, 2.45) is 0 Å². The van der Waals surface area contributed by atoms with E-state index < -0.39 is 26.0 Å². The van der Waals surface area contributed by atoms with Crippen LogP contribution in [0.5, 0.6) is 0 Å². The molecule has 2 aromatic carbocycles. The first-order chi connectivity index (χ1) is 15.8. The normalized spacial score (nSPS) is 14.9. The van der Waals surface area contributed by atoms with Crippen LogP contribution in [-0.4, -0.2) is 40.1 Å². The molecule has 1 aliphatic rings. The Morgan fingerprint density at radius 3 is 2.12 bits per heavy atom. The van der Waals surface area contributed by atoms with Crippen molar-refractivity contribution in [3.63, 3.8) is 0 Å². The molecule has 0 atom stereocenters. The van der Waals surface area contributed by atoms with E-state index in [1.54, 1.807) is 12.1 Å². The Morgan fingerprint density at radius 1 is 0.879 bits per heavy atom. The predicted molar refractivity (Wildman–Crippen MR) is 122 cm³/mol. The summed E-state index contributed by atoms with van der Waals surface area (Å²) in [6, 6.07) is 14.8. The average molecular weight is 490 g/mol. The Balaban J connectivity index is 1.39. The lowest BCUT2D eigenvalue weighted by molar-refractivity contribution is 0.102. The number of benzene rings is 2. The largest absolute Gasteiger partial charge is 0.468 e. The highest BCUT2D eigenvalue weighted by atomic mass is 32.2. The van der Waals surface area contributed by atoms with Crippen LogP contribution in [0.15, 0.2) is 81.1 Å². The first kappa shape index (κ1) is 23.2. The maximum absolute atomic E-state index is 12.6. The highest BCUT2D eigenvalue weighted by Crippen LogP contribution is 2.22. The second-order valence-corrected chi connectivity index (χ2v) is 11.2. The van der Waals surface area contributed by atoms with Crippen LogP contribution in [0.25, 0.3) is 0 Å². The minimum atomic E-state index is -3.74. The summed E-state index contributed by atoms with van der Waals surface area (Å²) in [5.41, 5.74) is 0.686. The number of nitrogens with zero attached hydrogens (tertiary/aromatic N) is 1. The van der Waals surface area contributed by atoms with Crippen molar-refractivity contribution in [2.45, 2.75) is 29.2 Å². The molecule has 2 heterocycles. The minimum Gasteiger partial charge on any atom is -0.468 e. The SMILES string of the molecule is O=C(Nc1ccc(S(=O)(=O)NCc2ccco2)cc1)c1ccc(S(=O)(=O)N2CCCC2)cc1. The van der Waals surface area contributed by atoms with E-state index >= 15 is 0 Å². The van der Waals surface area contributed by atoms with Gasteiger partial charge in [-0.3, -0.25) is 4.79 Å². The number of rotatable bonds is 8. The van der Waals surface area contributed by atoms with Gasteiger partial charge in [-0.05, 0) is 73.5 Å². The van der Waals surface area contributed by atoms with E-state index in [1.165, 1.54) is 59.1 Å². The van der Waals surface area contributed by atoms with Gasteiger partial charge in [0, 0.05) is 24.3 Å². The summed E-state index contributed by atoms with van der Waals surface area (Å²) in [5.74, 6) is 0.0494. The van der Waals surface area contributed by atoms with Crippen LogP contribution < -0.4 is 10.0 Å². The predicted octanol–water partition coefficient (Wildman–Crippen LogP) is 2.79. The van der Waals surface area contributed by atoms with E-state index in [2.05, 4.69) is 10.0 Å². The number of nitrogens with one attached hydrogen (secondary N) is 2. The van der Waals surface area contributed by atoms with Gasteiger partial charge in [0.05, 0.1) is 22.6 Å². The molecular weight excluding hydrogens is 466 g/mol. The van der Waals surface area contributed by atoms with E-state index in [0.717, 1.165) is 12.8 Å². The van der Waals surface area contributed by atoms with Crippen molar-refractivity contribution < 1.29 is 26.0 Å². The first-order valence-corrected chi connectivity index (χ1v) is 13.2. The lowest BCUT2D eigenvalue weighted by atomic mass is 10.2. The van der Waals surface area contributed by atoms with Crippen molar-refractivity contribution in [1.82, 2.24) is 9.03 Å². The third kappa shape index (κ3) is 5.33. The smallest absolute Gasteiger partial charge is 0.255 e. The summed E-state index contributed by atoms with van der Waals surface area (Å²) >= 11 is 0. The fourth-order valence-corrected chi connectivity index (χ4v) is 5.95. The van der Waals surface area contributed by atoms with Gasteiger partial charge in [-0.2, -0.15) is 4.31 Å². The summed E-state index contributed by atoms with van der Waals surface area (Å²) in [6.07, 6.45) is 3.15. The van der Waals surface area contributed by atoms with Gasteiger partial charge in [-0.25, -0.2) is 21.6 Å². The molecule has 0 aliphatic carbocycles. The van der Waals surface area contributed by atoms with E-state index in [4.69, 9.17) is 4.42 Å². The molecule has 1 aromatic heterocycles. The molecule has 11 heteroatoms. The van der Waals surface area contributed by atoms with Gasteiger partial charge in [-0.15, -0.1) is 0 Å². The fourth-order valence-electron chi connectivity index (χ4n) is 3.44. The van der Waals surface area contributed by atoms with Gasteiger partial charge in [0.2, 0.25) is 20.0 Å². The van der Waals surface area contributed by atoms with E-state index in [1.807, 2.05) is 0 Å². The van der Waals surface area contributed by atoms with Crippen LogP contribution in [0.1, 0.15) is 29.0 Å². The lowest BCUT2D eigenvalue weighted by Crippen LogP contribution is -2.27. The Labute approximate surface area is 192 Å². The highest BCUT2D eigenvalue weighted by molar-refractivity contribution is 7.89. The van der Waals surface area contributed by atoms with Crippen molar-refractivity contribution in [2.75, 3.05) is 18.4 Å². The molecule has 3 aromatic rings. The van der Waals surface area contributed by atoms with Crippen LogP contribution in [0.3, 0.4) is 0 Å². The number of carbonyl (C=O) groups excluding carboxylic acids is 1. The van der Waals surface area contributed by atoms with E-state index in [9.17, 15) is 21.6 Å². The molecule has 0 spiro atoms. The molecule has 33 heavy (non-hydrogen) atoms. The standard InChI is InChI=1S/C22H23N3O6S2/c26-22(17-5-9-21(10-6-17)33(29,30)25-13-1-2-14-25)24-18-7-11-20(12-8-18)32(27,28)23-16-19-4-3-15-31-19/h3-12,15,23H,1-2,13-14,16H2,(H,24,26). The fraction of sp³-hybridized carbons (Fsp3) is 0.227. The van der Waals surface area contributed by atoms with Crippen LogP contribution in [0.2, 0.25) is 0 Å². The van der Waals surface area contributed by atoms with Crippen molar-refractivity contribution in [1.29, 1.82) is 0 Å². The van der Waals surface area contributed by atoms with Gasteiger partial charge in [0.1, 0.15) is 5.76 Å². The zero-order valence-corrected chi connectivity index (χ0v) is 19.2. The molecule has 9 nitrogen and oxygen atoms in total. The maximum Gasteiger partial charge on any atom is 0.255 e. The molecule has 0 radical (unpaired) electrons. The number of amides is 1. The van der Waals surface area contributed by atoms with Crippen molar-refractivity contribution in [3.05, 3.63) is 78.3 Å². The number of hydrogen-bond acceptors (Lipinski definition) is 6. The van der Waals surface area contributed by atoms with Gasteiger partial charge in [0.25, 0.3) is 5.91 Å². The topological polar surface area (TPSA) is 126 Å². The quantitative estimate of drug-likeness (QED) is 0.501. The second kappa shape index (κ2) is 9.48. The van der Waals surface area contributed by atoms with Gasteiger partial charge >= 0.3 is 0 Å². The molecular formula is C22H23N3O6S2. The Hall–Kier alpha value is -2.99. The van der Waals surface area contributed by atoms with Crippen LogP contribution in [-0.2, 0) is 26.6 Å². The van der Waals surface area contributed by atoms with Crippen LogP contribution >= 0.6 is 0 Å². The molecule has 0 bridgehead atoms. The summed E-state index contributed by atoms with van der Waals surface area (Å²) in [5, 5.41) is 2.68. The van der Waals surface area contributed by atoms with E-state index in [-0.39, 0.29) is 21.9 Å². The molecule has 1 amide bonds. The Morgan fingerprint density at radius 2 is 1.52 bits per heavy atom. The summed E-state index contributed by atoms with van der Waals surface area (Å²) < 4.78 is 59.0. The number of anilines is 1. The molecule has 2 N–H and O–H groups in total. The zero-order chi connectivity index (χ0) is 23.5. The van der Waals surface area contributed by atoms with Gasteiger partial charge in [0.15, 0.2) is 0 Å². The molecule has 4 rings (SSSR count). The number of carbonyl (C=O) groups is 1. The Kier molecular flexibility index (Phi) is 6.66. The molecule has 1 saturated heterocycles. The summed E-state index contributed by atoms with van der Waals surface area (Å²) in [6.45, 7) is 1.04. The van der Waals surface area contributed by atoms with Gasteiger partial charge < -0.3 is 9.73 Å². The molecule has 1 fully saturated rings. The second-order valence-electron chi connectivity index (χ2n) is 7.52. The highest BCUT2D eigenvalue weighted by Gasteiger charge is 2.27. The average Bonchev–Trinajstić information content (AvgIpc) is 3.53. The maximum atomic E-state index is 12.6. The zero-order valence-electron chi connectivity index (χ0n) is 17.6. The van der Waals surface area contributed by atoms with Crippen molar-refractivity contribution >= 4 is 31.6 Å². The molecule has 174 valence electrons. The van der Waals surface area contributed by atoms with Crippen molar-refractivity contribution in [3.8, 4) is 0 Å². The number of furan rings is 1. The summed E-state index contributed by atoms with van der Waals surface area (Å²) in [7, 11) is -7.29. The van der Waals surface area contributed by atoms with Crippen LogP contribution in [0.4, 0.5) is 5.69 Å². The van der Waals surface area contributed by atoms with Gasteiger partial charge in [-0.1, -0.05) is 0 Å². The number of hydrogen-bond donors (Lipinski definition) is 2.